The molecule has 0 saturated carbocycles. The number of hydrogen-bond acceptors (Lipinski definition) is 5. The van der Waals surface area contributed by atoms with E-state index in [1.54, 1.807) is 23.9 Å². The lowest BCUT2D eigenvalue weighted by Gasteiger charge is -2.24. The van der Waals surface area contributed by atoms with Gasteiger partial charge in [-0.15, -0.1) is 11.8 Å². The number of carbonyl (C=O) groups excluding carboxylic acids is 1. The number of anilines is 1. The number of carboxylic acids is 1. The maximum absolute atomic E-state index is 13.7. The number of thioether (sulfide) groups is 1. The molecule has 1 N–H and O–H groups in total. The van der Waals surface area contributed by atoms with E-state index in [0.29, 0.717) is 17.3 Å². The largest absolute Gasteiger partial charge is 0.496 e. The predicted octanol–water partition coefficient (Wildman–Crippen LogP) is 4.57. The third kappa shape index (κ3) is 4.40. The molecule has 0 bridgehead atoms. The Morgan fingerprint density at radius 2 is 1.88 bits per heavy atom. The summed E-state index contributed by atoms with van der Waals surface area (Å²) in [7, 11) is 1.59. The van der Waals surface area contributed by atoms with E-state index in [0.717, 1.165) is 16.8 Å². The Hall–Kier alpha value is -3.33. The predicted molar refractivity (Wildman–Crippen MR) is 130 cm³/mol. The van der Waals surface area contributed by atoms with E-state index in [2.05, 4.69) is 0 Å². The Bertz CT molecular complexity index is 1230. The van der Waals surface area contributed by atoms with E-state index in [-0.39, 0.29) is 16.9 Å². The molecule has 2 heterocycles. The summed E-state index contributed by atoms with van der Waals surface area (Å²) >= 11 is 1.41. The highest BCUT2D eigenvalue weighted by molar-refractivity contribution is 8.00. The SMILES string of the molecule is COc1ccccc1C1SCC(=O)N(CC(=O)O)c2c1c(C(C)(C)C)nn2-c1ccc(F)cc1. The van der Waals surface area contributed by atoms with Crippen molar-refractivity contribution in [1.29, 1.82) is 0 Å². The van der Waals surface area contributed by atoms with Crippen LogP contribution in [0.3, 0.4) is 0 Å². The van der Waals surface area contributed by atoms with Gasteiger partial charge in [-0.05, 0) is 30.3 Å². The molecule has 0 radical (unpaired) electrons. The second-order valence-corrected chi connectivity index (χ2v) is 10.1. The Labute approximate surface area is 201 Å². The Balaban J connectivity index is 2.08. The van der Waals surface area contributed by atoms with Gasteiger partial charge in [0.1, 0.15) is 23.9 Å². The molecule has 0 saturated heterocycles. The maximum Gasteiger partial charge on any atom is 0.323 e. The van der Waals surface area contributed by atoms with Crippen LogP contribution in [0.5, 0.6) is 5.75 Å². The zero-order valence-electron chi connectivity index (χ0n) is 19.4. The summed E-state index contributed by atoms with van der Waals surface area (Å²) in [5, 5.41) is 14.2. The van der Waals surface area contributed by atoms with E-state index in [1.807, 2.05) is 45.0 Å². The van der Waals surface area contributed by atoms with Crippen molar-refractivity contribution < 1.29 is 23.8 Å². The molecule has 1 aliphatic rings. The lowest BCUT2D eigenvalue weighted by Crippen LogP contribution is -2.38. The van der Waals surface area contributed by atoms with Crippen molar-refractivity contribution in [2.24, 2.45) is 0 Å². The van der Waals surface area contributed by atoms with Crippen LogP contribution in [0.1, 0.15) is 42.8 Å². The number of carboxylic acid groups (broad SMARTS) is 1. The molecular formula is C25H26FN3O4S. The van der Waals surface area contributed by atoms with Crippen LogP contribution in [-0.2, 0) is 15.0 Å². The molecule has 1 unspecified atom stereocenters. The molecule has 9 heteroatoms. The number of nitrogens with zero attached hydrogens (tertiary/aromatic N) is 3. The van der Waals surface area contributed by atoms with E-state index in [9.17, 15) is 19.1 Å². The average molecular weight is 484 g/mol. The van der Waals surface area contributed by atoms with Gasteiger partial charge in [-0.1, -0.05) is 39.0 Å². The number of rotatable bonds is 5. The van der Waals surface area contributed by atoms with Gasteiger partial charge in [0.25, 0.3) is 0 Å². The van der Waals surface area contributed by atoms with Gasteiger partial charge >= 0.3 is 5.97 Å². The van der Waals surface area contributed by atoms with Crippen LogP contribution >= 0.6 is 11.8 Å². The molecule has 178 valence electrons. The van der Waals surface area contributed by atoms with Crippen molar-refractivity contribution >= 4 is 29.5 Å². The van der Waals surface area contributed by atoms with Gasteiger partial charge in [0, 0.05) is 16.5 Å². The number of amides is 1. The number of benzene rings is 2. The monoisotopic (exact) mass is 483 g/mol. The summed E-state index contributed by atoms with van der Waals surface area (Å²) in [6, 6.07) is 13.3. The van der Waals surface area contributed by atoms with Crippen LogP contribution < -0.4 is 9.64 Å². The minimum atomic E-state index is -1.13. The van der Waals surface area contributed by atoms with Gasteiger partial charge in [0.2, 0.25) is 5.91 Å². The Morgan fingerprint density at radius 1 is 1.21 bits per heavy atom. The number of fused-ring (bicyclic) bond motifs is 1. The fraction of sp³-hybridized carbons (Fsp3) is 0.320. The highest BCUT2D eigenvalue weighted by Gasteiger charge is 2.40. The van der Waals surface area contributed by atoms with Gasteiger partial charge in [0.05, 0.1) is 29.5 Å². The van der Waals surface area contributed by atoms with Gasteiger partial charge < -0.3 is 9.84 Å². The van der Waals surface area contributed by atoms with Gasteiger partial charge in [-0.3, -0.25) is 14.5 Å². The quantitative estimate of drug-likeness (QED) is 0.572. The zero-order chi connectivity index (χ0) is 24.6. The second-order valence-electron chi connectivity index (χ2n) is 9.03. The third-order valence-corrected chi connectivity index (χ3v) is 6.82. The van der Waals surface area contributed by atoms with Crippen molar-refractivity contribution in [3.05, 3.63) is 71.2 Å². The number of aliphatic carboxylic acids is 1. The molecule has 1 aromatic heterocycles. The summed E-state index contributed by atoms with van der Waals surface area (Å²) in [5.74, 6) is -0.750. The highest BCUT2D eigenvalue weighted by Crippen LogP contribution is 2.50. The first-order chi connectivity index (χ1) is 16.1. The first kappa shape index (κ1) is 23.8. The molecule has 2 aromatic carbocycles. The van der Waals surface area contributed by atoms with Gasteiger partial charge in [0.15, 0.2) is 0 Å². The standard InChI is InChI=1S/C25H26FN3O4S/c1-25(2,3)23-21-22(17-7-5-6-8-18(17)33-4)34-14-19(30)28(13-20(31)32)24(21)29(27-23)16-11-9-15(26)10-12-16/h5-12,22H,13-14H2,1-4H3,(H,31,32). The molecular weight excluding hydrogens is 457 g/mol. The molecule has 34 heavy (non-hydrogen) atoms. The molecule has 0 aliphatic carbocycles. The molecule has 7 nitrogen and oxygen atoms in total. The van der Waals surface area contributed by atoms with Crippen molar-refractivity contribution in [3.8, 4) is 11.4 Å². The Kier molecular flexibility index (Phi) is 6.40. The summed E-state index contributed by atoms with van der Waals surface area (Å²) in [5.41, 5.74) is 2.43. The van der Waals surface area contributed by atoms with E-state index in [1.165, 1.54) is 28.8 Å². The van der Waals surface area contributed by atoms with Crippen LogP contribution in [0.15, 0.2) is 48.5 Å². The minimum Gasteiger partial charge on any atom is -0.496 e. The number of para-hydroxylation sites is 1. The second kappa shape index (κ2) is 9.13. The van der Waals surface area contributed by atoms with Crippen molar-refractivity contribution in [2.45, 2.75) is 31.4 Å². The number of hydrogen-bond donors (Lipinski definition) is 1. The summed E-state index contributed by atoms with van der Waals surface area (Å²) in [4.78, 5) is 26.3. The summed E-state index contributed by atoms with van der Waals surface area (Å²) in [6.45, 7) is 5.54. The van der Waals surface area contributed by atoms with Crippen LogP contribution in [0.4, 0.5) is 10.2 Å². The van der Waals surface area contributed by atoms with Crippen molar-refractivity contribution in [1.82, 2.24) is 9.78 Å². The van der Waals surface area contributed by atoms with E-state index >= 15 is 0 Å². The van der Waals surface area contributed by atoms with Gasteiger partial charge in [-0.2, -0.15) is 5.10 Å². The average Bonchev–Trinajstić information content (AvgIpc) is 3.13. The number of carbonyl (C=O) groups is 2. The number of ether oxygens (including phenoxy) is 1. The number of aromatic nitrogens is 2. The molecule has 0 fully saturated rings. The smallest absolute Gasteiger partial charge is 0.323 e. The minimum absolute atomic E-state index is 0.0810. The molecule has 4 rings (SSSR count). The van der Waals surface area contributed by atoms with Crippen LogP contribution in [-0.4, -0.2) is 46.2 Å². The Morgan fingerprint density at radius 3 is 2.50 bits per heavy atom. The first-order valence-corrected chi connectivity index (χ1v) is 11.8. The fourth-order valence-corrected chi connectivity index (χ4v) is 5.32. The number of halogens is 1. The maximum atomic E-state index is 13.7. The van der Waals surface area contributed by atoms with Gasteiger partial charge in [-0.25, -0.2) is 9.07 Å². The lowest BCUT2D eigenvalue weighted by molar-refractivity contribution is -0.136. The fourth-order valence-electron chi connectivity index (χ4n) is 4.10. The molecule has 1 aliphatic heterocycles. The topological polar surface area (TPSA) is 84.7 Å². The highest BCUT2D eigenvalue weighted by atomic mass is 32.2. The molecule has 1 amide bonds. The molecule has 3 aromatic rings. The van der Waals surface area contributed by atoms with E-state index in [4.69, 9.17) is 9.84 Å². The normalized spacial score (nSPS) is 16.2. The summed E-state index contributed by atoms with van der Waals surface area (Å²) < 4.78 is 20.9. The van der Waals surface area contributed by atoms with Crippen LogP contribution in [0.2, 0.25) is 0 Å². The molecule has 0 spiro atoms. The molecule has 1 atom stereocenters. The van der Waals surface area contributed by atoms with Crippen molar-refractivity contribution in [2.75, 3.05) is 24.3 Å². The number of methoxy groups -OCH3 is 1. The lowest BCUT2D eigenvalue weighted by atomic mass is 9.87. The van der Waals surface area contributed by atoms with Crippen molar-refractivity contribution in [3.63, 3.8) is 0 Å². The van der Waals surface area contributed by atoms with Crippen LogP contribution in [0.25, 0.3) is 5.69 Å². The summed E-state index contributed by atoms with van der Waals surface area (Å²) in [6.07, 6.45) is 0. The zero-order valence-corrected chi connectivity index (χ0v) is 20.2. The van der Waals surface area contributed by atoms with E-state index < -0.39 is 23.7 Å². The third-order valence-electron chi connectivity index (χ3n) is 5.59. The van der Waals surface area contributed by atoms with Crippen LogP contribution in [0, 0.1) is 5.82 Å². The first-order valence-electron chi connectivity index (χ1n) is 10.8.